The molecule has 0 fully saturated rings. The molecule has 106 valence electrons. The number of para-hydroxylation sites is 1. The number of halogens is 2. The van der Waals surface area contributed by atoms with E-state index in [0.717, 1.165) is 16.5 Å². The predicted molar refractivity (Wildman–Crippen MR) is 85.2 cm³/mol. The molecular weight excluding hydrogens is 307 g/mol. The number of carbonyl (C=O) groups excluding carboxylic acids is 1. The van der Waals surface area contributed by atoms with E-state index in [1.165, 1.54) is 0 Å². The molecule has 0 radical (unpaired) electrons. The minimum absolute atomic E-state index is 0.0369. The Morgan fingerprint density at radius 3 is 2.67 bits per heavy atom. The molecule has 3 nitrogen and oxygen atoms in total. The first-order valence-corrected chi connectivity index (χ1v) is 7.20. The monoisotopic (exact) mass is 318 g/mol. The summed E-state index contributed by atoms with van der Waals surface area (Å²) < 4.78 is 1.72. The van der Waals surface area contributed by atoms with Gasteiger partial charge >= 0.3 is 0 Å². The van der Waals surface area contributed by atoms with Crippen molar-refractivity contribution >= 4 is 39.9 Å². The van der Waals surface area contributed by atoms with Crippen LogP contribution in [0.3, 0.4) is 0 Å². The summed E-state index contributed by atoms with van der Waals surface area (Å²) in [5.74, 6) is -0.0369. The molecule has 1 heterocycles. The van der Waals surface area contributed by atoms with Crippen LogP contribution in [0.2, 0.25) is 10.0 Å². The summed E-state index contributed by atoms with van der Waals surface area (Å²) in [7, 11) is 1.83. The first-order chi connectivity index (χ1) is 10.1. The lowest BCUT2D eigenvalue weighted by atomic mass is 10.0. The first-order valence-electron chi connectivity index (χ1n) is 6.45. The Morgan fingerprint density at radius 2 is 1.90 bits per heavy atom. The number of aromatic nitrogens is 2. The molecule has 0 bridgehead atoms. The molecule has 0 saturated carbocycles. The normalized spacial score (nSPS) is 11.0. The number of rotatable bonds is 3. The molecule has 0 atom stereocenters. The SMILES string of the molecule is Cn1nc(C(=O)Cc2ccc(Cl)c(Cl)c2)c2ccccc21. The number of fused-ring (bicyclic) bond motifs is 1. The summed E-state index contributed by atoms with van der Waals surface area (Å²) in [5, 5.41) is 6.13. The zero-order valence-corrected chi connectivity index (χ0v) is 12.8. The van der Waals surface area contributed by atoms with Gasteiger partial charge in [-0.05, 0) is 23.8 Å². The van der Waals surface area contributed by atoms with Gasteiger partial charge in [-0.2, -0.15) is 5.10 Å². The summed E-state index contributed by atoms with van der Waals surface area (Å²) in [5.41, 5.74) is 2.25. The van der Waals surface area contributed by atoms with Gasteiger partial charge in [0.2, 0.25) is 0 Å². The molecule has 0 unspecified atom stereocenters. The maximum atomic E-state index is 12.5. The van der Waals surface area contributed by atoms with E-state index < -0.39 is 0 Å². The summed E-state index contributed by atoms with van der Waals surface area (Å²) in [4.78, 5) is 12.5. The van der Waals surface area contributed by atoms with E-state index >= 15 is 0 Å². The van der Waals surface area contributed by atoms with Gasteiger partial charge in [0.05, 0.1) is 15.6 Å². The zero-order valence-electron chi connectivity index (χ0n) is 11.3. The molecule has 2 aromatic carbocycles. The van der Waals surface area contributed by atoms with Gasteiger partial charge in [-0.1, -0.05) is 47.5 Å². The Balaban J connectivity index is 1.95. The fourth-order valence-electron chi connectivity index (χ4n) is 2.34. The topological polar surface area (TPSA) is 34.9 Å². The number of aryl methyl sites for hydroxylation is 1. The Bertz CT molecular complexity index is 839. The molecule has 0 N–H and O–H groups in total. The summed E-state index contributed by atoms with van der Waals surface area (Å²) in [6, 6.07) is 12.9. The number of hydrogen-bond donors (Lipinski definition) is 0. The van der Waals surface area contributed by atoms with Crippen LogP contribution in [0.15, 0.2) is 42.5 Å². The average molecular weight is 319 g/mol. The number of ketones is 1. The molecule has 0 saturated heterocycles. The van der Waals surface area contributed by atoms with E-state index in [1.54, 1.807) is 22.9 Å². The van der Waals surface area contributed by atoms with Crippen LogP contribution in [0.25, 0.3) is 10.9 Å². The van der Waals surface area contributed by atoms with Crippen molar-refractivity contribution < 1.29 is 4.79 Å². The van der Waals surface area contributed by atoms with E-state index in [1.807, 2.05) is 31.3 Å². The van der Waals surface area contributed by atoms with E-state index in [2.05, 4.69) is 5.10 Å². The van der Waals surface area contributed by atoms with Crippen molar-refractivity contribution in [1.29, 1.82) is 0 Å². The van der Waals surface area contributed by atoms with Crippen molar-refractivity contribution in [3.05, 3.63) is 63.8 Å². The van der Waals surface area contributed by atoms with Gasteiger partial charge in [-0.25, -0.2) is 0 Å². The second-order valence-electron chi connectivity index (χ2n) is 4.84. The average Bonchev–Trinajstić information content (AvgIpc) is 2.81. The molecular formula is C16H12Cl2N2O. The third-order valence-corrected chi connectivity index (χ3v) is 4.11. The van der Waals surface area contributed by atoms with Gasteiger partial charge in [0.15, 0.2) is 5.78 Å². The van der Waals surface area contributed by atoms with Crippen LogP contribution in [-0.4, -0.2) is 15.6 Å². The lowest BCUT2D eigenvalue weighted by Crippen LogP contribution is -2.05. The molecule has 0 amide bonds. The van der Waals surface area contributed by atoms with Crippen molar-refractivity contribution in [2.24, 2.45) is 7.05 Å². The van der Waals surface area contributed by atoms with Crippen LogP contribution in [0.1, 0.15) is 16.1 Å². The number of benzene rings is 2. The third-order valence-electron chi connectivity index (χ3n) is 3.37. The second kappa shape index (κ2) is 5.51. The van der Waals surface area contributed by atoms with Crippen molar-refractivity contribution in [1.82, 2.24) is 9.78 Å². The van der Waals surface area contributed by atoms with Crippen LogP contribution in [0.5, 0.6) is 0 Å². The number of Topliss-reactive ketones (excluding diaryl/α,β-unsaturated/α-hetero) is 1. The van der Waals surface area contributed by atoms with E-state index in [4.69, 9.17) is 23.2 Å². The number of nitrogens with zero attached hydrogens (tertiary/aromatic N) is 2. The van der Waals surface area contributed by atoms with Crippen LogP contribution in [0, 0.1) is 0 Å². The summed E-state index contributed by atoms with van der Waals surface area (Å²) in [6.45, 7) is 0. The minimum atomic E-state index is -0.0369. The standard InChI is InChI=1S/C16H12Cl2N2O/c1-20-14-5-3-2-4-11(14)16(19-20)15(21)9-10-6-7-12(17)13(18)8-10/h2-8H,9H2,1H3. The maximum absolute atomic E-state index is 12.5. The molecule has 21 heavy (non-hydrogen) atoms. The molecule has 0 spiro atoms. The number of hydrogen-bond acceptors (Lipinski definition) is 2. The van der Waals surface area contributed by atoms with Gasteiger partial charge in [-0.3, -0.25) is 9.48 Å². The van der Waals surface area contributed by atoms with E-state index in [9.17, 15) is 4.79 Å². The molecule has 5 heteroatoms. The van der Waals surface area contributed by atoms with E-state index in [-0.39, 0.29) is 12.2 Å². The van der Waals surface area contributed by atoms with Crippen LogP contribution in [-0.2, 0) is 13.5 Å². The smallest absolute Gasteiger partial charge is 0.188 e. The molecule has 0 aliphatic carbocycles. The lowest BCUT2D eigenvalue weighted by Gasteiger charge is -2.02. The second-order valence-corrected chi connectivity index (χ2v) is 5.65. The van der Waals surface area contributed by atoms with Gasteiger partial charge in [-0.15, -0.1) is 0 Å². The van der Waals surface area contributed by atoms with Crippen molar-refractivity contribution in [2.45, 2.75) is 6.42 Å². The summed E-state index contributed by atoms with van der Waals surface area (Å²) >= 11 is 11.9. The van der Waals surface area contributed by atoms with Gasteiger partial charge in [0.1, 0.15) is 5.69 Å². The Hall–Kier alpha value is -1.84. The Kier molecular flexibility index (Phi) is 3.70. The lowest BCUT2D eigenvalue weighted by molar-refractivity contribution is 0.0989. The van der Waals surface area contributed by atoms with Crippen LogP contribution in [0.4, 0.5) is 0 Å². The van der Waals surface area contributed by atoms with Crippen LogP contribution < -0.4 is 0 Å². The quantitative estimate of drug-likeness (QED) is 0.675. The first kappa shape index (κ1) is 14.1. The highest BCUT2D eigenvalue weighted by atomic mass is 35.5. The third kappa shape index (κ3) is 2.67. The summed E-state index contributed by atoms with van der Waals surface area (Å²) in [6.07, 6.45) is 0.248. The van der Waals surface area contributed by atoms with Crippen LogP contribution >= 0.6 is 23.2 Å². The van der Waals surface area contributed by atoms with Gasteiger partial charge in [0.25, 0.3) is 0 Å². The molecule has 0 aliphatic heterocycles. The fraction of sp³-hybridized carbons (Fsp3) is 0.125. The Morgan fingerprint density at radius 1 is 1.14 bits per heavy atom. The minimum Gasteiger partial charge on any atom is -0.292 e. The molecule has 3 rings (SSSR count). The molecule has 0 aliphatic rings. The highest BCUT2D eigenvalue weighted by molar-refractivity contribution is 6.42. The molecule has 1 aromatic heterocycles. The highest BCUT2D eigenvalue weighted by Gasteiger charge is 2.16. The van der Waals surface area contributed by atoms with Crippen molar-refractivity contribution in [3.63, 3.8) is 0 Å². The van der Waals surface area contributed by atoms with Crippen molar-refractivity contribution in [3.8, 4) is 0 Å². The zero-order chi connectivity index (χ0) is 15.0. The highest BCUT2D eigenvalue weighted by Crippen LogP contribution is 2.24. The molecule has 3 aromatic rings. The largest absolute Gasteiger partial charge is 0.292 e. The fourth-order valence-corrected chi connectivity index (χ4v) is 2.66. The van der Waals surface area contributed by atoms with E-state index in [0.29, 0.717) is 15.7 Å². The van der Waals surface area contributed by atoms with Gasteiger partial charge < -0.3 is 0 Å². The van der Waals surface area contributed by atoms with Gasteiger partial charge in [0, 0.05) is 18.9 Å². The number of carbonyl (C=O) groups is 1. The Labute approximate surface area is 132 Å². The predicted octanol–water partition coefficient (Wildman–Crippen LogP) is 4.31. The van der Waals surface area contributed by atoms with Crippen molar-refractivity contribution in [2.75, 3.05) is 0 Å². The maximum Gasteiger partial charge on any atom is 0.188 e.